The molecule has 0 spiro atoms. The zero-order valence-corrected chi connectivity index (χ0v) is 18.5. The van der Waals surface area contributed by atoms with Gasteiger partial charge in [-0.2, -0.15) is 0 Å². The molecule has 150 valence electrons. The van der Waals surface area contributed by atoms with Crippen LogP contribution in [0.1, 0.15) is 53.3 Å². The number of hydrogen-bond acceptors (Lipinski definition) is 3. The van der Waals surface area contributed by atoms with Gasteiger partial charge < -0.3 is 4.74 Å². The summed E-state index contributed by atoms with van der Waals surface area (Å²) in [7, 11) is 0. The summed E-state index contributed by atoms with van der Waals surface area (Å²) >= 11 is 15.2. The standard InChI is InChI=1S/C20H21BrCl2N2O3/c1-2-3-4-5-10-28-18-9-6-13(11-16(18)21)19(26)24-25-20(27)15-8-7-14(22)12-17(15)23/h6-9,11-12H,2-5,10H2,1H3,(H,24,26)(H,25,27). The minimum Gasteiger partial charge on any atom is -0.492 e. The van der Waals surface area contributed by atoms with Gasteiger partial charge in [-0.1, -0.05) is 49.4 Å². The van der Waals surface area contributed by atoms with E-state index < -0.39 is 11.8 Å². The second kappa shape index (κ2) is 11.3. The number of nitrogens with one attached hydrogen (secondary N) is 2. The van der Waals surface area contributed by atoms with Gasteiger partial charge in [0.05, 0.1) is 21.7 Å². The predicted octanol–water partition coefficient (Wildman–Crippen LogP) is 5.79. The predicted molar refractivity (Wildman–Crippen MR) is 115 cm³/mol. The first-order valence-electron chi connectivity index (χ1n) is 8.90. The van der Waals surface area contributed by atoms with Gasteiger partial charge in [-0.3, -0.25) is 20.4 Å². The number of amides is 2. The van der Waals surface area contributed by atoms with Crippen LogP contribution in [0.5, 0.6) is 5.75 Å². The lowest BCUT2D eigenvalue weighted by Gasteiger charge is -2.11. The van der Waals surface area contributed by atoms with Crippen molar-refractivity contribution >= 4 is 50.9 Å². The molecule has 0 aliphatic rings. The Morgan fingerprint density at radius 3 is 2.43 bits per heavy atom. The van der Waals surface area contributed by atoms with Gasteiger partial charge in [0.2, 0.25) is 0 Å². The van der Waals surface area contributed by atoms with E-state index in [2.05, 4.69) is 33.7 Å². The van der Waals surface area contributed by atoms with E-state index in [-0.39, 0.29) is 10.6 Å². The minimum absolute atomic E-state index is 0.197. The molecule has 2 amide bonds. The van der Waals surface area contributed by atoms with Crippen molar-refractivity contribution in [2.75, 3.05) is 6.61 Å². The van der Waals surface area contributed by atoms with E-state index in [1.807, 2.05) is 0 Å². The average molecular weight is 488 g/mol. The van der Waals surface area contributed by atoms with Gasteiger partial charge in [0.25, 0.3) is 11.8 Å². The smallest absolute Gasteiger partial charge is 0.271 e. The van der Waals surface area contributed by atoms with Gasteiger partial charge in [0.15, 0.2) is 0 Å². The quantitative estimate of drug-likeness (QED) is 0.365. The molecule has 5 nitrogen and oxygen atoms in total. The summed E-state index contributed by atoms with van der Waals surface area (Å²) in [5.41, 5.74) is 5.27. The molecule has 0 aliphatic heterocycles. The van der Waals surface area contributed by atoms with Gasteiger partial charge in [-0.15, -0.1) is 0 Å². The highest BCUT2D eigenvalue weighted by Crippen LogP contribution is 2.26. The maximum Gasteiger partial charge on any atom is 0.271 e. The van der Waals surface area contributed by atoms with Crippen LogP contribution < -0.4 is 15.6 Å². The first-order chi connectivity index (χ1) is 13.4. The van der Waals surface area contributed by atoms with Gasteiger partial charge in [0, 0.05) is 10.6 Å². The first-order valence-corrected chi connectivity index (χ1v) is 10.5. The summed E-state index contributed by atoms with van der Waals surface area (Å²) in [5.74, 6) is -0.334. The van der Waals surface area contributed by atoms with Crippen LogP contribution in [0.15, 0.2) is 40.9 Å². The second-order valence-electron chi connectivity index (χ2n) is 6.09. The van der Waals surface area contributed by atoms with Crippen LogP contribution in [0, 0.1) is 0 Å². The van der Waals surface area contributed by atoms with Crippen molar-refractivity contribution in [3.05, 3.63) is 62.0 Å². The summed E-state index contributed by atoms with van der Waals surface area (Å²) in [6, 6.07) is 9.47. The molecule has 0 heterocycles. The number of carbonyl (C=O) groups excluding carboxylic acids is 2. The molecule has 0 bridgehead atoms. The Hall–Kier alpha value is -1.76. The van der Waals surface area contributed by atoms with E-state index >= 15 is 0 Å². The summed E-state index contributed by atoms with van der Waals surface area (Å²) in [5, 5.41) is 0.616. The van der Waals surface area contributed by atoms with E-state index in [0.29, 0.717) is 27.4 Å². The van der Waals surface area contributed by atoms with Gasteiger partial charge in [-0.25, -0.2) is 0 Å². The summed E-state index contributed by atoms with van der Waals surface area (Å²) in [6.07, 6.45) is 4.48. The highest BCUT2D eigenvalue weighted by Gasteiger charge is 2.13. The molecule has 0 unspecified atom stereocenters. The molecule has 8 heteroatoms. The van der Waals surface area contributed by atoms with Crippen LogP contribution in [0.3, 0.4) is 0 Å². The van der Waals surface area contributed by atoms with Crippen molar-refractivity contribution in [2.45, 2.75) is 32.6 Å². The van der Waals surface area contributed by atoms with Crippen molar-refractivity contribution in [2.24, 2.45) is 0 Å². The van der Waals surface area contributed by atoms with E-state index in [1.54, 1.807) is 24.3 Å². The number of benzene rings is 2. The second-order valence-corrected chi connectivity index (χ2v) is 7.78. The summed E-state index contributed by atoms with van der Waals surface area (Å²) in [6.45, 7) is 2.79. The van der Waals surface area contributed by atoms with Crippen LogP contribution in [0.25, 0.3) is 0 Å². The number of rotatable bonds is 8. The zero-order valence-electron chi connectivity index (χ0n) is 15.4. The molecular formula is C20H21BrCl2N2O3. The average Bonchev–Trinajstić information content (AvgIpc) is 2.66. The molecule has 28 heavy (non-hydrogen) atoms. The van der Waals surface area contributed by atoms with Gasteiger partial charge in [0.1, 0.15) is 5.75 Å². The van der Waals surface area contributed by atoms with E-state index in [4.69, 9.17) is 27.9 Å². The number of unbranched alkanes of at least 4 members (excludes halogenated alkanes) is 3. The lowest BCUT2D eigenvalue weighted by molar-refractivity contribution is 0.0846. The largest absolute Gasteiger partial charge is 0.492 e. The molecule has 2 aromatic carbocycles. The molecule has 0 aliphatic carbocycles. The molecule has 0 radical (unpaired) electrons. The SMILES string of the molecule is CCCCCCOc1ccc(C(=O)NNC(=O)c2ccc(Cl)cc2Cl)cc1Br. The van der Waals surface area contributed by atoms with Crippen molar-refractivity contribution in [3.63, 3.8) is 0 Å². The Labute approximate surface area is 182 Å². The normalized spacial score (nSPS) is 10.4. The minimum atomic E-state index is -0.541. The Balaban J connectivity index is 1.89. The molecule has 0 saturated carbocycles. The highest BCUT2D eigenvalue weighted by molar-refractivity contribution is 9.10. The molecule has 0 atom stereocenters. The third-order valence-electron chi connectivity index (χ3n) is 3.91. The molecule has 2 aromatic rings. The van der Waals surface area contributed by atoms with E-state index in [9.17, 15) is 9.59 Å². The fourth-order valence-electron chi connectivity index (χ4n) is 2.40. The fraction of sp³-hybridized carbons (Fsp3) is 0.300. The molecule has 0 aromatic heterocycles. The van der Waals surface area contributed by atoms with E-state index in [0.717, 1.165) is 12.8 Å². The molecular weight excluding hydrogens is 467 g/mol. The topological polar surface area (TPSA) is 67.4 Å². The lowest BCUT2D eigenvalue weighted by atomic mass is 10.2. The Morgan fingerprint density at radius 2 is 1.75 bits per heavy atom. The zero-order chi connectivity index (χ0) is 20.5. The van der Waals surface area contributed by atoms with Crippen LogP contribution in [0.4, 0.5) is 0 Å². The summed E-state index contributed by atoms with van der Waals surface area (Å²) < 4.78 is 6.39. The number of halogens is 3. The summed E-state index contributed by atoms with van der Waals surface area (Å²) in [4.78, 5) is 24.4. The van der Waals surface area contributed by atoms with Crippen molar-refractivity contribution in [3.8, 4) is 5.75 Å². The lowest BCUT2D eigenvalue weighted by Crippen LogP contribution is -2.41. The van der Waals surface area contributed by atoms with Crippen LogP contribution >= 0.6 is 39.1 Å². The maximum absolute atomic E-state index is 12.3. The van der Waals surface area contributed by atoms with Gasteiger partial charge >= 0.3 is 0 Å². The maximum atomic E-state index is 12.3. The third-order valence-corrected chi connectivity index (χ3v) is 5.08. The first kappa shape index (κ1) is 22.5. The van der Waals surface area contributed by atoms with Crippen molar-refractivity contribution in [1.82, 2.24) is 10.9 Å². The monoisotopic (exact) mass is 486 g/mol. The van der Waals surface area contributed by atoms with E-state index in [1.165, 1.54) is 25.0 Å². The van der Waals surface area contributed by atoms with Crippen LogP contribution in [0.2, 0.25) is 10.0 Å². The Kier molecular flexibility index (Phi) is 9.09. The fourth-order valence-corrected chi connectivity index (χ4v) is 3.38. The highest BCUT2D eigenvalue weighted by atomic mass is 79.9. The number of hydrogen-bond donors (Lipinski definition) is 2. The number of hydrazine groups is 1. The Bertz CT molecular complexity index is 846. The van der Waals surface area contributed by atoms with Crippen molar-refractivity contribution in [1.29, 1.82) is 0 Å². The Morgan fingerprint density at radius 1 is 1.00 bits per heavy atom. The molecule has 2 rings (SSSR count). The number of ether oxygens (including phenoxy) is 1. The molecule has 0 fully saturated rings. The third kappa shape index (κ3) is 6.69. The van der Waals surface area contributed by atoms with Crippen LogP contribution in [-0.2, 0) is 0 Å². The van der Waals surface area contributed by atoms with Crippen LogP contribution in [-0.4, -0.2) is 18.4 Å². The molecule has 2 N–H and O–H groups in total. The van der Waals surface area contributed by atoms with Gasteiger partial charge in [-0.05, 0) is 58.7 Å². The molecule has 0 saturated heterocycles. The number of carbonyl (C=O) groups is 2. The van der Waals surface area contributed by atoms with Crippen molar-refractivity contribution < 1.29 is 14.3 Å².